The van der Waals surface area contributed by atoms with Crippen LogP contribution < -0.4 is 19.7 Å². The number of imidazole rings is 1. The fourth-order valence-electron chi connectivity index (χ4n) is 4.13. The molecular formula is C22H26N6O3. The standard InChI is InChI=1S/C22H26N6O3/c1-29-11-10-26-13-23-21-25-20(15-8-9-18(30-2)19(12-15)31-3)28-17-7-5-4-6-16(17)24-22(28)27(21)14-26/h4-9,12,20H,10-11,13-14H2,1-3H3,(H,23,25)/t20-/m1/s1. The maximum Gasteiger partial charge on any atom is 0.216 e. The predicted molar refractivity (Wildman–Crippen MR) is 119 cm³/mol. The smallest absolute Gasteiger partial charge is 0.216 e. The fraction of sp³-hybridized carbons (Fsp3) is 0.364. The van der Waals surface area contributed by atoms with Crippen molar-refractivity contribution in [3.05, 3.63) is 48.0 Å². The number of hydrogen-bond acceptors (Lipinski definition) is 8. The summed E-state index contributed by atoms with van der Waals surface area (Å²) in [5.41, 5.74) is 3.03. The maximum absolute atomic E-state index is 5.55. The number of nitrogens with one attached hydrogen (secondary N) is 1. The first-order chi connectivity index (χ1) is 15.2. The van der Waals surface area contributed by atoms with E-state index in [9.17, 15) is 0 Å². The third-order valence-corrected chi connectivity index (χ3v) is 5.70. The summed E-state index contributed by atoms with van der Waals surface area (Å²) in [5, 5.41) is 3.62. The highest BCUT2D eigenvalue weighted by atomic mass is 16.5. The molecule has 0 saturated carbocycles. The molecule has 2 aliphatic rings. The normalized spacial score (nSPS) is 18.2. The first kappa shape index (κ1) is 19.7. The molecular weight excluding hydrogens is 396 g/mol. The molecule has 9 heteroatoms. The highest BCUT2D eigenvalue weighted by Gasteiger charge is 2.36. The number of para-hydroxylation sites is 2. The van der Waals surface area contributed by atoms with Crippen LogP contribution in [-0.2, 0) is 4.74 Å². The van der Waals surface area contributed by atoms with Crippen LogP contribution in [0.2, 0.25) is 0 Å². The molecule has 5 rings (SSSR count). The summed E-state index contributed by atoms with van der Waals surface area (Å²) >= 11 is 0. The molecule has 0 unspecified atom stereocenters. The van der Waals surface area contributed by atoms with Gasteiger partial charge >= 0.3 is 0 Å². The van der Waals surface area contributed by atoms with Crippen LogP contribution in [0.1, 0.15) is 11.7 Å². The monoisotopic (exact) mass is 422 g/mol. The lowest BCUT2D eigenvalue weighted by Crippen LogP contribution is -2.57. The van der Waals surface area contributed by atoms with Crippen LogP contribution in [0.4, 0.5) is 5.95 Å². The summed E-state index contributed by atoms with van der Waals surface area (Å²) in [5.74, 6) is 3.06. The van der Waals surface area contributed by atoms with Crippen molar-refractivity contribution in [3.63, 3.8) is 0 Å². The van der Waals surface area contributed by atoms with Crippen molar-refractivity contribution in [2.75, 3.05) is 52.7 Å². The van der Waals surface area contributed by atoms with Gasteiger partial charge in [-0.25, -0.2) is 9.98 Å². The van der Waals surface area contributed by atoms with E-state index >= 15 is 0 Å². The van der Waals surface area contributed by atoms with Crippen LogP contribution in [-0.4, -0.2) is 68.2 Å². The van der Waals surface area contributed by atoms with E-state index in [-0.39, 0.29) is 6.17 Å². The Balaban J connectivity index is 1.61. The largest absolute Gasteiger partial charge is 0.493 e. The molecule has 2 aromatic carbocycles. The van der Waals surface area contributed by atoms with E-state index in [1.54, 1.807) is 21.3 Å². The van der Waals surface area contributed by atoms with E-state index in [1.165, 1.54) is 0 Å². The predicted octanol–water partition coefficient (Wildman–Crippen LogP) is 2.24. The number of fused-ring (bicyclic) bond motifs is 5. The molecule has 0 amide bonds. The van der Waals surface area contributed by atoms with Gasteiger partial charge in [-0.15, -0.1) is 0 Å². The zero-order valence-electron chi connectivity index (χ0n) is 17.9. The molecule has 0 aliphatic carbocycles. The lowest BCUT2D eigenvalue weighted by Gasteiger charge is -2.41. The number of guanidine groups is 1. The van der Waals surface area contributed by atoms with Crippen molar-refractivity contribution in [1.29, 1.82) is 0 Å². The zero-order valence-corrected chi connectivity index (χ0v) is 17.9. The lowest BCUT2D eigenvalue weighted by atomic mass is 10.1. The Morgan fingerprint density at radius 2 is 1.90 bits per heavy atom. The Bertz CT molecular complexity index is 1130. The molecule has 0 spiro atoms. The molecule has 0 radical (unpaired) electrons. The molecule has 1 N–H and O–H groups in total. The van der Waals surface area contributed by atoms with Gasteiger partial charge in [-0.3, -0.25) is 14.4 Å². The Labute approximate surface area is 180 Å². The van der Waals surface area contributed by atoms with E-state index in [0.29, 0.717) is 31.4 Å². The van der Waals surface area contributed by atoms with Crippen LogP contribution in [0.15, 0.2) is 47.5 Å². The molecule has 0 bridgehead atoms. The highest BCUT2D eigenvalue weighted by Crippen LogP contribution is 2.36. The molecule has 0 fully saturated rings. The number of aliphatic imine (C=N–C) groups is 1. The number of anilines is 1. The maximum atomic E-state index is 5.55. The summed E-state index contributed by atoms with van der Waals surface area (Å²) in [6, 6.07) is 14.1. The fourth-order valence-corrected chi connectivity index (χ4v) is 4.13. The molecule has 2 aliphatic heterocycles. The third-order valence-electron chi connectivity index (χ3n) is 5.70. The molecule has 0 saturated heterocycles. The minimum atomic E-state index is -0.178. The number of aromatic nitrogens is 2. The van der Waals surface area contributed by atoms with Gasteiger partial charge in [-0.05, 0) is 29.8 Å². The van der Waals surface area contributed by atoms with Gasteiger partial charge in [0, 0.05) is 13.7 Å². The molecule has 1 atom stereocenters. The van der Waals surface area contributed by atoms with Gasteiger partial charge in [0.15, 0.2) is 11.5 Å². The Hall–Kier alpha value is -3.30. The summed E-state index contributed by atoms with van der Waals surface area (Å²) in [7, 11) is 5.01. The minimum Gasteiger partial charge on any atom is -0.493 e. The van der Waals surface area contributed by atoms with Crippen molar-refractivity contribution < 1.29 is 14.2 Å². The van der Waals surface area contributed by atoms with E-state index in [1.807, 2.05) is 36.4 Å². The quantitative estimate of drug-likeness (QED) is 0.653. The number of hydrogen-bond donors (Lipinski definition) is 1. The first-order valence-electron chi connectivity index (χ1n) is 10.2. The number of ether oxygens (including phenoxy) is 3. The minimum absolute atomic E-state index is 0.178. The Morgan fingerprint density at radius 3 is 2.71 bits per heavy atom. The number of rotatable bonds is 6. The zero-order chi connectivity index (χ0) is 21.4. The summed E-state index contributed by atoms with van der Waals surface area (Å²) in [6.07, 6.45) is -0.178. The molecule has 1 aromatic heterocycles. The number of benzene rings is 2. The summed E-state index contributed by atoms with van der Waals surface area (Å²) in [6.45, 7) is 2.78. The second-order valence-corrected chi connectivity index (χ2v) is 7.51. The van der Waals surface area contributed by atoms with Crippen molar-refractivity contribution in [1.82, 2.24) is 19.8 Å². The van der Waals surface area contributed by atoms with E-state index in [2.05, 4.69) is 25.8 Å². The van der Waals surface area contributed by atoms with Crippen molar-refractivity contribution in [3.8, 4) is 11.5 Å². The lowest BCUT2D eigenvalue weighted by molar-refractivity contribution is 0.147. The Morgan fingerprint density at radius 1 is 1.06 bits per heavy atom. The van der Waals surface area contributed by atoms with Crippen LogP contribution in [0.3, 0.4) is 0 Å². The SMILES string of the molecule is COCCN1CN=C2N[C@@H](c3ccc(OC)c(OC)c3)n3c(nc4ccccc43)N2C1. The van der Waals surface area contributed by atoms with Gasteiger partial charge in [0.25, 0.3) is 0 Å². The number of nitrogens with zero attached hydrogens (tertiary/aromatic N) is 5. The second-order valence-electron chi connectivity index (χ2n) is 7.51. The van der Waals surface area contributed by atoms with Gasteiger partial charge in [0.05, 0.1) is 45.2 Å². The van der Waals surface area contributed by atoms with Crippen LogP contribution in [0, 0.1) is 0 Å². The Kier molecular flexibility index (Phi) is 5.13. The van der Waals surface area contributed by atoms with Crippen molar-refractivity contribution >= 4 is 22.9 Å². The van der Waals surface area contributed by atoms with Gasteiger partial charge in [-0.1, -0.05) is 18.2 Å². The first-order valence-corrected chi connectivity index (χ1v) is 10.2. The van der Waals surface area contributed by atoms with Crippen LogP contribution in [0.25, 0.3) is 11.0 Å². The van der Waals surface area contributed by atoms with E-state index in [4.69, 9.17) is 24.2 Å². The molecule has 9 nitrogen and oxygen atoms in total. The number of methoxy groups -OCH3 is 3. The second kappa shape index (κ2) is 8.09. The van der Waals surface area contributed by atoms with Gasteiger partial charge in [0.1, 0.15) is 6.17 Å². The van der Waals surface area contributed by atoms with Crippen molar-refractivity contribution in [2.45, 2.75) is 6.17 Å². The topological polar surface area (TPSA) is 76.4 Å². The van der Waals surface area contributed by atoms with Gasteiger partial charge < -0.3 is 19.5 Å². The molecule has 3 aromatic rings. The molecule has 162 valence electrons. The van der Waals surface area contributed by atoms with Crippen LogP contribution in [0.5, 0.6) is 11.5 Å². The van der Waals surface area contributed by atoms with Gasteiger partial charge in [0.2, 0.25) is 11.9 Å². The summed E-state index contributed by atoms with van der Waals surface area (Å²) < 4.78 is 18.4. The van der Waals surface area contributed by atoms with E-state index < -0.39 is 0 Å². The molecule has 3 heterocycles. The average molecular weight is 422 g/mol. The molecule has 31 heavy (non-hydrogen) atoms. The third kappa shape index (κ3) is 3.35. The van der Waals surface area contributed by atoms with Gasteiger partial charge in [-0.2, -0.15) is 0 Å². The average Bonchev–Trinajstić information content (AvgIpc) is 3.21. The summed E-state index contributed by atoms with van der Waals surface area (Å²) in [4.78, 5) is 14.1. The highest BCUT2D eigenvalue weighted by molar-refractivity contribution is 5.98. The van der Waals surface area contributed by atoms with E-state index in [0.717, 1.165) is 35.0 Å². The van der Waals surface area contributed by atoms with Crippen LogP contribution >= 0.6 is 0 Å². The van der Waals surface area contributed by atoms with Crippen molar-refractivity contribution in [2.24, 2.45) is 4.99 Å².